The van der Waals surface area contributed by atoms with E-state index in [2.05, 4.69) is 42.8 Å². The molecule has 0 bridgehead atoms. The Labute approximate surface area is 225 Å². The fraction of sp³-hybridized carbons (Fsp3) is 0.613. The molecule has 1 aromatic heterocycles. The van der Waals surface area contributed by atoms with Crippen molar-refractivity contribution >= 4 is 5.91 Å². The van der Waals surface area contributed by atoms with Crippen LogP contribution in [0.15, 0.2) is 42.6 Å². The van der Waals surface area contributed by atoms with Crippen molar-refractivity contribution < 1.29 is 18.0 Å². The molecule has 7 heteroatoms. The van der Waals surface area contributed by atoms with Crippen molar-refractivity contribution in [3.8, 4) is 0 Å². The molecule has 5 rings (SSSR count). The molecule has 1 aromatic carbocycles. The van der Waals surface area contributed by atoms with Crippen molar-refractivity contribution in [2.75, 3.05) is 19.6 Å². The van der Waals surface area contributed by atoms with Crippen LogP contribution in [0.2, 0.25) is 0 Å². The summed E-state index contributed by atoms with van der Waals surface area (Å²) in [4.78, 5) is 22.3. The Morgan fingerprint density at radius 1 is 1.16 bits per heavy atom. The molecule has 0 spiro atoms. The molecule has 1 amide bonds. The number of rotatable bonds is 6. The summed E-state index contributed by atoms with van der Waals surface area (Å²) >= 11 is 0. The average molecular weight is 530 g/mol. The number of nitrogens with zero attached hydrogens (tertiary/aromatic N) is 3. The number of halogens is 3. The van der Waals surface area contributed by atoms with Gasteiger partial charge in [0.2, 0.25) is 5.91 Å². The lowest BCUT2D eigenvalue weighted by atomic mass is 9.78. The van der Waals surface area contributed by atoms with E-state index in [-0.39, 0.29) is 17.9 Å². The number of amides is 1. The number of carbonyl (C=O) groups excluding carboxylic acids is 1. The molecule has 3 unspecified atom stereocenters. The fourth-order valence-electron chi connectivity index (χ4n) is 6.89. The van der Waals surface area contributed by atoms with E-state index < -0.39 is 11.7 Å². The second kappa shape index (κ2) is 12.2. The Morgan fingerprint density at radius 2 is 1.87 bits per heavy atom. The predicted molar refractivity (Wildman–Crippen MR) is 144 cm³/mol. The van der Waals surface area contributed by atoms with Crippen molar-refractivity contribution in [1.29, 1.82) is 0 Å². The highest BCUT2D eigenvalue weighted by Crippen LogP contribution is 2.56. The zero-order valence-corrected chi connectivity index (χ0v) is 23.1. The van der Waals surface area contributed by atoms with E-state index in [0.717, 1.165) is 64.2 Å². The summed E-state index contributed by atoms with van der Waals surface area (Å²) in [5.41, 5.74) is 1.51. The van der Waals surface area contributed by atoms with E-state index in [1.165, 1.54) is 11.6 Å². The summed E-state index contributed by atoms with van der Waals surface area (Å²) in [5.74, 6) is 0.579. The van der Waals surface area contributed by atoms with Gasteiger partial charge in [-0.25, -0.2) is 0 Å². The number of hydrogen-bond donors (Lipinski definition) is 0. The normalized spacial score (nSPS) is 24.6. The quantitative estimate of drug-likeness (QED) is 0.402. The largest absolute Gasteiger partial charge is 0.417 e. The number of pyridine rings is 1. The Hall–Kier alpha value is -2.41. The van der Waals surface area contributed by atoms with Crippen LogP contribution in [0, 0.1) is 18.3 Å². The van der Waals surface area contributed by atoms with Gasteiger partial charge in [0.1, 0.15) is 0 Å². The lowest BCUT2D eigenvalue weighted by Crippen LogP contribution is -2.47. The lowest BCUT2D eigenvalue weighted by molar-refractivity contribution is -0.144. The first-order valence-electron chi connectivity index (χ1n) is 14.3. The minimum absolute atomic E-state index is 0.175. The van der Waals surface area contributed by atoms with Crippen LogP contribution >= 0.6 is 0 Å². The highest BCUT2D eigenvalue weighted by Gasteiger charge is 2.56. The predicted octanol–water partition coefficient (Wildman–Crippen LogP) is 7.05. The molecule has 3 aliphatic rings. The van der Waals surface area contributed by atoms with Crippen LogP contribution in [0.25, 0.3) is 0 Å². The van der Waals surface area contributed by atoms with E-state index in [1.54, 1.807) is 0 Å². The maximum absolute atomic E-state index is 13.8. The van der Waals surface area contributed by atoms with Crippen molar-refractivity contribution in [1.82, 2.24) is 14.8 Å². The number of fused-ring (bicyclic) bond motifs is 2. The molecule has 0 saturated heterocycles. The van der Waals surface area contributed by atoms with Crippen molar-refractivity contribution in [2.45, 2.75) is 90.9 Å². The third-order valence-electron chi connectivity index (χ3n) is 8.67. The van der Waals surface area contributed by atoms with Crippen molar-refractivity contribution in [2.24, 2.45) is 11.3 Å². The molecular weight excluding hydrogens is 487 g/mol. The summed E-state index contributed by atoms with van der Waals surface area (Å²) < 4.78 is 39.5. The summed E-state index contributed by atoms with van der Waals surface area (Å²) in [6.45, 7) is 9.42. The molecule has 2 aliphatic carbocycles. The van der Waals surface area contributed by atoms with Gasteiger partial charge in [0.25, 0.3) is 0 Å². The van der Waals surface area contributed by atoms with Gasteiger partial charge in [-0.2, -0.15) is 13.2 Å². The monoisotopic (exact) mass is 529 g/mol. The van der Waals surface area contributed by atoms with Gasteiger partial charge < -0.3 is 9.80 Å². The van der Waals surface area contributed by atoms with Gasteiger partial charge in [-0.15, -0.1) is 0 Å². The van der Waals surface area contributed by atoms with Gasteiger partial charge in [-0.05, 0) is 76.1 Å². The Bertz CT molecular complexity index is 1070. The second-order valence-corrected chi connectivity index (χ2v) is 11.3. The number of carbonyl (C=O) groups is 1. The number of aryl methyl sites for hydroxylation is 1. The Balaban J connectivity index is 0.000000417. The molecule has 0 radical (unpaired) electrons. The number of hydrogen-bond acceptors (Lipinski definition) is 3. The first-order chi connectivity index (χ1) is 18.2. The van der Waals surface area contributed by atoms with Crippen LogP contribution in [0.3, 0.4) is 0 Å². The summed E-state index contributed by atoms with van der Waals surface area (Å²) in [6.07, 6.45) is 4.33. The number of alkyl halides is 3. The second-order valence-electron chi connectivity index (χ2n) is 11.3. The van der Waals surface area contributed by atoms with E-state index in [0.29, 0.717) is 36.2 Å². The van der Waals surface area contributed by atoms with Gasteiger partial charge in [-0.1, -0.05) is 56.2 Å². The van der Waals surface area contributed by atoms with E-state index >= 15 is 0 Å². The number of aromatic nitrogens is 1. The van der Waals surface area contributed by atoms with Crippen LogP contribution in [0.4, 0.5) is 13.2 Å². The third-order valence-corrected chi connectivity index (χ3v) is 8.67. The topological polar surface area (TPSA) is 36.4 Å². The maximum atomic E-state index is 13.8. The first kappa shape index (κ1) is 28.6. The molecule has 38 heavy (non-hydrogen) atoms. The Kier molecular flexibility index (Phi) is 9.17. The molecule has 4 nitrogen and oxygen atoms in total. The molecule has 208 valence electrons. The lowest BCUT2D eigenvalue weighted by Gasteiger charge is -2.38. The SMILES string of the molecule is CCCN(CCC)C1CC2CCCC2(C(=O)N2CCc3ncc(C(F)(F)F)cc3C2)C1.Cc1ccccc1. The van der Waals surface area contributed by atoms with Crippen LogP contribution in [-0.4, -0.2) is 46.4 Å². The van der Waals surface area contributed by atoms with Gasteiger partial charge in [0, 0.05) is 37.4 Å². The molecule has 3 atom stereocenters. The minimum atomic E-state index is -4.41. The summed E-state index contributed by atoms with van der Waals surface area (Å²) in [6, 6.07) is 11.9. The van der Waals surface area contributed by atoms with Crippen molar-refractivity contribution in [3.05, 3.63) is 65.0 Å². The van der Waals surface area contributed by atoms with Crippen LogP contribution < -0.4 is 0 Å². The molecule has 0 N–H and O–H groups in total. The smallest absolute Gasteiger partial charge is 0.337 e. The molecule has 2 saturated carbocycles. The van der Waals surface area contributed by atoms with Gasteiger partial charge >= 0.3 is 6.18 Å². The van der Waals surface area contributed by atoms with E-state index in [1.807, 2.05) is 23.1 Å². The Morgan fingerprint density at radius 3 is 2.47 bits per heavy atom. The zero-order valence-electron chi connectivity index (χ0n) is 23.1. The highest BCUT2D eigenvalue weighted by atomic mass is 19.4. The van der Waals surface area contributed by atoms with Crippen LogP contribution in [-0.2, 0) is 23.9 Å². The summed E-state index contributed by atoms with van der Waals surface area (Å²) in [5, 5.41) is 0. The molecule has 2 heterocycles. The summed E-state index contributed by atoms with van der Waals surface area (Å²) in [7, 11) is 0. The molecule has 2 fully saturated rings. The zero-order chi connectivity index (χ0) is 27.3. The van der Waals surface area contributed by atoms with E-state index in [4.69, 9.17) is 0 Å². The van der Waals surface area contributed by atoms with Gasteiger partial charge in [0.15, 0.2) is 0 Å². The van der Waals surface area contributed by atoms with Gasteiger partial charge in [-0.3, -0.25) is 9.78 Å². The van der Waals surface area contributed by atoms with Gasteiger partial charge in [0.05, 0.1) is 11.0 Å². The molecule has 1 aliphatic heterocycles. The van der Waals surface area contributed by atoms with Crippen LogP contribution in [0.5, 0.6) is 0 Å². The third kappa shape index (κ3) is 6.24. The van der Waals surface area contributed by atoms with E-state index in [9.17, 15) is 18.0 Å². The average Bonchev–Trinajstić information content (AvgIpc) is 3.46. The van der Waals surface area contributed by atoms with Crippen molar-refractivity contribution in [3.63, 3.8) is 0 Å². The highest BCUT2D eigenvalue weighted by molar-refractivity contribution is 5.84. The minimum Gasteiger partial charge on any atom is -0.337 e. The molecular formula is C31H42F3N3O. The fourth-order valence-corrected chi connectivity index (χ4v) is 6.89. The number of benzene rings is 1. The standard InChI is InChI=1S/C24H34F3N3O.C7H8/c1-3-9-29(10-4-2)20-13-18-6-5-8-23(18,14-20)22(31)30-11-7-21-17(16-30)12-19(15-28-21)24(25,26)27;1-7-5-3-2-4-6-7/h12,15,18,20H,3-11,13-14,16H2,1-2H3;2-6H,1H3. The molecule has 2 aromatic rings. The first-order valence-corrected chi connectivity index (χ1v) is 14.3. The maximum Gasteiger partial charge on any atom is 0.417 e. The van der Waals surface area contributed by atoms with Crippen LogP contribution in [0.1, 0.15) is 81.2 Å².